The van der Waals surface area contributed by atoms with Gasteiger partial charge in [0.15, 0.2) is 0 Å². The van der Waals surface area contributed by atoms with Crippen LogP contribution in [0.3, 0.4) is 0 Å². The van der Waals surface area contributed by atoms with E-state index in [2.05, 4.69) is 17.3 Å². The Bertz CT molecular complexity index is 245. The molecule has 0 spiro atoms. The van der Waals surface area contributed by atoms with Gasteiger partial charge in [0.05, 0.1) is 6.54 Å². The molecule has 2 aliphatic heterocycles. The molecule has 0 bridgehead atoms. The van der Waals surface area contributed by atoms with Gasteiger partial charge >= 0.3 is 0 Å². The summed E-state index contributed by atoms with van der Waals surface area (Å²) in [5.41, 5.74) is 0. The van der Waals surface area contributed by atoms with Crippen molar-refractivity contribution in [3.05, 3.63) is 0 Å². The van der Waals surface area contributed by atoms with Crippen molar-refractivity contribution in [2.75, 3.05) is 46.3 Å². The summed E-state index contributed by atoms with van der Waals surface area (Å²) in [7, 11) is 2.08. The Morgan fingerprint density at radius 2 is 1.94 bits per heavy atom. The molecule has 2 aliphatic rings. The molecule has 17 heavy (non-hydrogen) atoms. The molecule has 0 aromatic carbocycles. The Balaban J connectivity index is 1.68. The normalized spacial score (nSPS) is 22.4. The van der Waals surface area contributed by atoms with Crippen molar-refractivity contribution in [3.63, 3.8) is 0 Å². The highest BCUT2D eigenvalue weighted by atomic mass is 16.2. The van der Waals surface area contributed by atoms with Crippen LogP contribution in [0.15, 0.2) is 0 Å². The number of carbonyl (C=O) groups excluding carboxylic acids is 1. The van der Waals surface area contributed by atoms with Crippen LogP contribution in [0.25, 0.3) is 0 Å². The summed E-state index contributed by atoms with van der Waals surface area (Å²) in [6, 6.07) is 0. The number of hydrogen-bond acceptors (Lipinski definition) is 3. The minimum atomic E-state index is 0.318. The smallest absolute Gasteiger partial charge is 0.236 e. The number of likely N-dealkylation sites (tertiary alicyclic amines) is 1. The molecule has 0 aliphatic carbocycles. The highest BCUT2D eigenvalue weighted by Crippen LogP contribution is 2.13. The number of rotatable bonds is 4. The third-order valence-electron chi connectivity index (χ3n) is 3.89. The van der Waals surface area contributed by atoms with E-state index in [0.717, 1.165) is 38.6 Å². The van der Waals surface area contributed by atoms with E-state index >= 15 is 0 Å². The Kier molecular flexibility index (Phi) is 4.80. The molecule has 0 saturated carbocycles. The van der Waals surface area contributed by atoms with Crippen molar-refractivity contribution in [3.8, 4) is 0 Å². The van der Waals surface area contributed by atoms with Crippen LogP contribution >= 0.6 is 0 Å². The van der Waals surface area contributed by atoms with Crippen molar-refractivity contribution in [1.82, 2.24) is 15.1 Å². The molecule has 0 atom stereocenters. The van der Waals surface area contributed by atoms with Gasteiger partial charge in [0.25, 0.3) is 0 Å². The maximum absolute atomic E-state index is 12.0. The van der Waals surface area contributed by atoms with Gasteiger partial charge in [-0.2, -0.15) is 0 Å². The number of nitrogens with one attached hydrogen (secondary N) is 1. The van der Waals surface area contributed by atoms with Crippen LogP contribution in [0.5, 0.6) is 0 Å². The lowest BCUT2D eigenvalue weighted by Crippen LogP contribution is -2.40. The Labute approximate surface area is 104 Å². The van der Waals surface area contributed by atoms with Crippen molar-refractivity contribution in [2.24, 2.45) is 5.92 Å². The number of piperidine rings is 1. The summed E-state index contributed by atoms with van der Waals surface area (Å²) in [5, 5.41) is 3.38. The van der Waals surface area contributed by atoms with Crippen LogP contribution in [0.1, 0.15) is 25.7 Å². The molecular weight excluding hydrogens is 214 g/mol. The second kappa shape index (κ2) is 6.36. The van der Waals surface area contributed by atoms with Crippen molar-refractivity contribution in [2.45, 2.75) is 25.7 Å². The van der Waals surface area contributed by atoms with Crippen LogP contribution in [0.4, 0.5) is 0 Å². The average Bonchev–Trinajstić information content (AvgIpc) is 2.83. The molecule has 0 aromatic heterocycles. The van der Waals surface area contributed by atoms with Crippen LogP contribution in [0, 0.1) is 5.92 Å². The Morgan fingerprint density at radius 3 is 2.59 bits per heavy atom. The van der Waals surface area contributed by atoms with E-state index in [4.69, 9.17) is 0 Å². The van der Waals surface area contributed by atoms with Gasteiger partial charge in [0.1, 0.15) is 0 Å². The first kappa shape index (κ1) is 12.8. The third kappa shape index (κ3) is 3.96. The van der Waals surface area contributed by atoms with Gasteiger partial charge in [-0.15, -0.1) is 0 Å². The number of likely N-dealkylation sites (N-methyl/N-ethyl adjacent to an activating group) is 1. The molecule has 2 rings (SSSR count). The van der Waals surface area contributed by atoms with Gasteiger partial charge in [0.2, 0.25) is 5.91 Å². The van der Waals surface area contributed by atoms with Gasteiger partial charge in [-0.3, -0.25) is 9.69 Å². The second-order valence-electron chi connectivity index (χ2n) is 5.48. The summed E-state index contributed by atoms with van der Waals surface area (Å²) in [6.45, 7) is 5.89. The topological polar surface area (TPSA) is 35.6 Å². The Morgan fingerprint density at radius 1 is 1.29 bits per heavy atom. The molecule has 4 nitrogen and oxygen atoms in total. The number of carbonyl (C=O) groups is 1. The number of hydrogen-bond donors (Lipinski definition) is 1. The van der Waals surface area contributed by atoms with E-state index in [1.807, 2.05) is 4.90 Å². The lowest BCUT2D eigenvalue weighted by Gasteiger charge is -2.28. The fraction of sp³-hybridized carbons (Fsp3) is 0.923. The van der Waals surface area contributed by atoms with Gasteiger partial charge in [-0.05, 0) is 51.7 Å². The maximum Gasteiger partial charge on any atom is 0.236 e. The number of nitrogens with zero attached hydrogens (tertiary/aromatic N) is 2. The average molecular weight is 239 g/mol. The fourth-order valence-corrected chi connectivity index (χ4v) is 2.87. The fourth-order valence-electron chi connectivity index (χ4n) is 2.87. The molecule has 1 amide bonds. The molecule has 98 valence electrons. The predicted molar refractivity (Wildman–Crippen MR) is 68.9 cm³/mol. The first-order valence-corrected chi connectivity index (χ1v) is 6.93. The summed E-state index contributed by atoms with van der Waals surface area (Å²) in [5.74, 6) is 1.09. The van der Waals surface area contributed by atoms with Crippen LogP contribution < -0.4 is 5.32 Å². The molecular formula is C13H25N3O. The molecule has 0 radical (unpaired) electrons. The van der Waals surface area contributed by atoms with E-state index in [-0.39, 0.29) is 0 Å². The summed E-state index contributed by atoms with van der Waals surface area (Å²) < 4.78 is 0. The van der Waals surface area contributed by atoms with Crippen molar-refractivity contribution < 1.29 is 4.79 Å². The zero-order valence-corrected chi connectivity index (χ0v) is 11.0. The largest absolute Gasteiger partial charge is 0.342 e. The highest BCUT2D eigenvalue weighted by Gasteiger charge is 2.21. The monoisotopic (exact) mass is 239 g/mol. The minimum absolute atomic E-state index is 0.318. The third-order valence-corrected chi connectivity index (χ3v) is 3.89. The molecule has 4 heteroatoms. The van der Waals surface area contributed by atoms with Gasteiger partial charge in [0, 0.05) is 19.6 Å². The first-order chi connectivity index (χ1) is 8.25. The number of amides is 1. The van der Waals surface area contributed by atoms with E-state index in [9.17, 15) is 4.79 Å². The predicted octanol–water partition coefficient (Wildman–Crippen LogP) is 0.540. The lowest BCUT2D eigenvalue weighted by molar-refractivity contribution is -0.131. The van der Waals surface area contributed by atoms with Crippen LogP contribution in [0.2, 0.25) is 0 Å². The standard InChI is InChI=1S/C13H25N3O/c1-15(10-12-4-6-14-7-5-12)11-13(17)16-8-2-3-9-16/h12,14H,2-11H2,1H3. The highest BCUT2D eigenvalue weighted by molar-refractivity contribution is 5.78. The van der Waals surface area contributed by atoms with Crippen molar-refractivity contribution >= 4 is 5.91 Å². The van der Waals surface area contributed by atoms with Gasteiger partial charge in [-0.1, -0.05) is 0 Å². The van der Waals surface area contributed by atoms with Crippen LogP contribution in [-0.2, 0) is 4.79 Å². The molecule has 0 unspecified atom stereocenters. The summed E-state index contributed by atoms with van der Waals surface area (Å²) >= 11 is 0. The van der Waals surface area contributed by atoms with E-state index in [1.54, 1.807) is 0 Å². The van der Waals surface area contributed by atoms with Crippen LogP contribution in [-0.4, -0.2) is 62.0 Å². The summed E-state index contributed by atoms with van der Waals surface area (Å²) in [6.07, 6.45) is 4.87. The molecule has 0 aromatic rings. The first-order valence-electron chi connectivity index (χ1n) is 6.93. The van der Waals surface area contributed by atoms with Crippen molar-refractivity contribution in [1.29, 1.82) is 0 Å². The zero-order chi connectivity index (χ0) is 12.1. The maximum atomic E-state index is 12.0. The zero-order valence-electron chi connectivity index (χ0n) is 11.0. The minimum Gasteiger partial charge on any atom is -0.342 e. The van der Waals surface area contributed by atoms with E-state index in [1.165, 1.54) is 25.7 Å². The van der Waals surface area contributed by atoms with Gasteiger partial charge in [-0.25, -0.2) is 0 Å². The summed E-state index contributed by atoms with van der Waals surface area (Å²) in [4.78, 5) is 16.2. The quantitative estimate of drug-likeness (QED) is 0.778. The molecule has 2 saturated heterocycles. The van der Waals surface area contributed by atoms with E-state index < -0.39 is 0 Å². The molecule has 1 N–H and O–H groups in total. The second-order valence-corrected chi connectivity index (χ2v) is 5.48. The SMILES string of the molecule is CN(CC(=O)N1CCCC1)CC1CCNCC1. The lowest BCUT2D eigenvalue weighted by atomic mass is 9.98. The molecule has 2 heterocycles. The molecule has 2 fully saturated rings. The van der Waals surface area contributed by atoms with Gasteiger partial charge < -0.3 is 10.2 Å². The Hall–Kier alpha value is -0.610. The van der Waals surface area contributed by atoms with E-state index in [0.29, 0.717) is 12.5 Å².